The van der Waals surface area contributed by atoms with E-state index in [1.54, 1.807) is 19.2 Å². The van der Waals surface area contributed by atoms with Crippen molar-refractivity contribution < 1.29 is 18.3 Å². The molecule has 2 rings (SSSR count). The third kappa shape index (κ3) is 3.05. The minimum atomic E-state index is -1.01. The largest absolute Gasteiger partial charge is 0.496 e. The van der Waals surface area contributed by atoms with Crippen LogP contribution in [0.15, 0.2) is 42.5 Å². The molecule has 0 aliphatic heterocycles. The van der Waals surface area contributed by atoms with Crippen LogP contribution in [-0.4, -0.2) is 13.7 Å². The third-order valence-corrected chi connectivity index (χ3v) is 2.87. The first-order chi connectivity index (χ1) is 9.63. The molecule has 0 fully saturated rings. The van der Waals surface area contributed by atoms with E-state index in [2.05, 4.69) is 0 Å². The molecule has 5 heteroatoms. The van der Waals surface area contributed by atoms with Gasteiger partial charge < -0.3 is 15.2 Å². The topological polar surface area (TPSA) is 44.5 Å². The zero-order chi connectivity index (χ0) is 14.5. The van der Waals surface area contributed by atoms with Crippen LogP contribution in [0.3, 0.4) is 0 Å². The zero-order valence-electron chi connectivity index (χ0n) is 11.0. The molecule has 20 heavy (non-hydrogen) atoms. The van der Waals surface area contributed by atoms with E-state index in [1.165, 1.54) is 12.1 Å². The van der Waals surface area contributed by atoms with Crippen molar-refractivity contribution in [2.24, 2.45) is 5.73 Å². The molecule has 2 N–H and O–H groups in total. The van der Waals surface area contributed by atoms with Crippen molar-refractivity contribution in [1.82, 2.24) is 0 Å². The van der Waals surface area contributed by atoms with E-state index in [0.717, 1.165) is 11.6 Å². The lowest BCUT2D eigenvalue weighted by molar-refractivity contribution is 0.269. The third-order valence-electron chi connectivity index (χ3n) is 2.87. The first-order valence-electron chi connectivity index (χ1n) is 6.08. The molecule has 0 saturated heterocycles. The van der Waals surface area contributed by atoms with Gasteiger partial charge in [0.1, 0.15) is 12.4 Å². The number of benzene rings is 2. The molecule has 3 nitrogen and oxygen atoms in total. The van der Waals surface area contributed by atoms with Crippen molar-refractivity contribution in [1.29, 1.82) is 0 Å². The Labute approximate surface area is 115 Å². The van der Waals surface area contributed by atoms with Crippen molar-refractivity contribution in [3.05, 3.63) is 59.7 Å². The molecule has 0 spiro atoms. The SMILES string of the molecule is COc1ccccc1C(N)COc1cccc(F)c1F. The number of methoxy groups -OCH3 is 1. The fourth-order valence-electron chi connectivity index (χ4n) is 1.84. The second kappa shape index (κ2) is 6.34. The monoisotopic (exact) mass is 279 g/mol. The lowest BCUT2D eigenvalue weighted by atomic mass is 10.1. The Morgan fingerprint density at radius 1 is 1.05 bits per heavy atom. The summed E-state index contributed by atoms with van der Waals surface area (Å²) in [6.45, 7) is 0.0146. The van der Waals surface area contributed by atoms with Crippen LogP contribution in [-0.2, 0) is 0 Å². The van der Waals surface area contributed by atoms with E-state index < -0.39 is 17.7 Å². The fraction of sp³-hybridized carbons (Fsp3) is 0.200. The van der Waals surface area contributed by atoms with E-state index >= 15 is 0 Å². The summed E-state index contributed by atoms with van der Waals surface area (Å²) in [6, 6.07) is 10.5. The number of nitrogens with two attached hydrogens (primary N) is 1. The average Bonchev–Trinajstić information content (AvgIpc) is 2.48. The van der Waals surface area contributed by atoms with Gasteiger partial charge in [0, 0.05) is 5.56 Å². The Balaban J connectivity index is 2.09. The molecule has 0 heterocycles. The summed E-state index contributed by atoms with van der Waals surface area (Å²) >= 11 is 0. The van der Waals surface area contributed by atoms with Gasteiger partial charge in [-0.05, 0) is 18.2 Å². The molecule has 0 aromatic heterocycles. The maximum absolute atomic E-state index is 13.4. The number of hydrogen-bond donors (Lipinski definition) is 1. The summed E-state index contributed by atoms with van der Waals surface area (Å²) in [6.07, 6.45) is 0. The van der Waals surface area contributed by atoms with Crippen LogP contribution in [0.2, 0.25) is 0 Å². The molecule has 106 valence electrons. The number of ether oxygens (including phenoxy) is 2. The van der Waals surface area contributed by atoms with Gasteiger partial charge in [0.25, 0.3) is 0 Å². The highest BCUT2D eigenvalue weighted by Crippen LogP contribution is 2.25. The van der Waals surface area contributed by atoms with Crippen molar-refractivity contribution in [3.8, 4) is 11.5 Å². The van der Waals surface area contributed by atoms with E-state index in [4.69, 9.17) is 15.2 Å². The van der Waals surface area contributed by atoms with Crippen molar-refractivity contribution in [2.45, 2.75) is 6.04 Å². The smallest absolute Gasteiger partial charge is 0.200 e. The average molecular weight is 279 g/mol. The lowest BCUT2D eigenvalue weighted by Gasteiger charge is -2.16. The van der Waals surface area contributed by atoms with E-state index in [-0.39, 0.29) is 12.4 Å². The van der Waals surface area contributed by atoms with Crippen molar-refractivity contribution in [3.63, 3.8) is 0 Å². The molecule has 0 aliphatic rings. The van der Waals surface area contributed by atoms with Gasteiger partial charge in [0.15, 0.2) is 11.6 Å². The van der Waals surface area contributed by atoms with Crippen LogP contribution >= 0.6 is 0 Å². The van der Waals surface area contributed by atoms with Gasteiger partial charge in [-0.25, -0.2) is 4.39 Å². The van der Waals surface area contributed by atoms with Gasteiger partial charge in [-0.2, -0.15) is 4.39 Å². The number of para-hydroxylation sites is 1. The lowest BCUT2D eigenvalue weighted by Crippen LogP contribution is -2.20. The minimum absolute atomic E-state index is 0.0146. The van der Waals surface area contributed by atoms with Crippen LogP contribution in [0.25, 0.3) is 0 Å². The van der Waals surface area contributed by atoms with Crippen LogP contribution in [0.1, 0.15) is 11.6 Å². The van der Waals surface area contributed by atoms with Gasteiger partial charge in [-0.1, -0.05) is 24.3 Å². The van der Waals surface area contributed by atoms with Gasteiger partial charge in [-0.3, -0.25) is 0 Å². The normalized spacial score (nSPS) is 12.0. The summed E-state index contributed by atoms with van der Waals surface area (Å²) in [5, 5.41) is 0. The highest BCUT2D eigenvalue weighted by atomic mass is 19.2. The van der Waals surface area contributed by atoms with Gasteiger partial charge >= 0.3 is 0 Å². The van der Waals surface area contributed by atoms with Crippen LogP contribution in [0.5, 0.6) is 11.5 Å². The van der Waals surface area contributed by atoms with Gasteiger partial charge in [-0.15, -0.1) is 0 Å². The summed E-state index contributed by atoms with van der Waals surface area (Å²) in [7, 11) is 1.54. The first-order valence-corrected chi connectivity index (χ1v) is 6.08. The highest BCUT2D eigenvalue weighted by molar-refractivity contribution is 5.36. The molecule has 0 bridgehead atoms. The van der Waals surface area contributed by atoms with Crippen molar-refractivity contribution in [2.75, 3.05) is 13.7 Å². The molecule has 0 saturated carbocycles. The first kappa shape index (κ1) is 14.3. The predicted octanol–water partition coefficient (Wildman–Crippen LogP) is 3.05. The molecule has 0 amide bonds. The predicted molar refractivity (Wildman–Crippen MR) is 71.8 cm³/mol. The molecule has 2 aromatic carbocycles. The maximum Gasteiger partial charge on any atom is 0.200 e. The maximum atomic E-state index is 13.4. The standard InChI is InChI=1S/C15H15F2NO2/c1-19-13-7-3-2-5-10(13)12(18)9-20-14-8-4-6-11(16)15(14)17/h2-8,12H,9,18H2,1H3. The van der Waals surface area contributed by atoms with Crippen molar-refractivity contribution >= 4 is 0 Å². The molecule has 1 unspecified atom stereocenters. The highest BCUT2D eigenvalue weighted by Gasteiger charge is 2.14. The molecule has 1 atom stereocenters. The Morgan fingerprint density at radius 2 is 1.75 bits per heavy atom. The molecular weight excluding hydrogens is 264 g/mol. The molecular formula is C15H15F2NO2. The quantitative estimate of drug-likeness (QED) is 0.915. The number of hydrogen-bond acceptors (Lipinski definition) is 3. The van der Waals surface area contributed by atoms with Gasteiger partial charge in [0.2, 0.25) is 5.82 Å². The zero-order valence-corrected chi connectivity index (χ0v) is 11.0. The number of rotatable bonds is 5. The molecule has 2 aromatic rings. The van der Waals surface area contributed by atoms with Crippen LogP contribution in [0, 0.1) is 11.6 Å². The summed E-state index contributed by atoms with van der Waals surface area (Å²) < 4.78 is 36.9. The fourth-order valence-corrected chi connectivity index (χ4v) is 1.84. The Bertz CT molecular complexity index is 590. The summed E-state index contributed by atoms with van der Waals surface area (Å²) in [5.41, 5.74) is 6.73. The number of halogens is 2. The Hall–Kier alpha value is -2.14. The second-order valence-electron chi connectivity index (χ2n) is 4.21. The summed E-state index contributed by atoms with van der Waals surface area (Å²) in [5.74, 6) is -1.49. The van der Waals surface area contributed by atoms with E-state index in [0.29, 0.717) is 5.75 Å². The minimum Gasteiger partial charge on any atom is -0.496 e. The molecule has 0 radical (unpaired) electrons. The van der Waals surface area contributed by atoms with E-state index in [1.807, 2.05) is 12.1 Å². The van der Waals surface area contributed by atoms with Gasteiger partial charge in [0.05, 0.1) is 13.2 Å². The Morgan fingerprint density at radius 3 is 2.50 bits per heavy atom. The Kier molecular flexibility index (Phi) is 4.53. The van der Waals surface area contributed by atoms with Crippen LogP contribution in [0.4, 0.5) is 8.78 Å². The van der Waals surface area contributed by atoms with E-state index in [9.17, 15) is 8.78 Å². The molecule has 0 aliphatic carbocycles. The van der Waals surface area contributed by atoms with Crippen LogP contribution < -0.4 is 15.2 Å². The second-order valence-corrected chi connectivity index (χ2v) is 4.21. The summed E-state index contributed by atoms with van der Waals surface area (Å²) in [4.78, 5) is 0.